The Morgan fingerprint density at radius 1 is 0.940 bits per heavy atom. The molecular weight excluding hydrogens is 637 g/mol. The van der Waals surface area contributed by atoms with Gasteiger partial charge in [0.05, 0.1) is 18.8 Å². The highest BCUT2D eigenvalue weighted by Crippen LogP contribution is 2.58. The summed E-state index contributed by atoms with van der Waals surface area (Å²) in [4.78, 5) is 21.8. The van der Waals surface area contributed by atoms with Crippen LogP contribution in [0.5, 0.6) is 5.75 Å². The summed E-state index contributed by atoms with van der Waals surface area (Å²) in [5.74, 6) is 1.97. The molecule has 7 nitrogen and oxygen atoms in total. The van der Waals surface area contributed by atoms with E-state index in [1.807, 2.05) is 23.1 Å². The van der Waals surface area contributed by atoms with Crippen LogP contribution in [0.15, 0.2) is 48.9 Å². The van der Waals surface area contributed by atoms with Crippen LogP contribution in [0.1, 0.15) is 117 Å². The van der Waals surface area contributed by atoms with Crippen LogP contribution < -0.4 is 9.64 Å². The van der Waals surface area contributed by atoms with Gasteiger partial charge < -0.3 is 9.16 Å². The quantitative estimate of drug-likeness (QED) is 0.208. The van der Waals surface area contributed by atoms with Crippen molar-refractivity contribution < 1.29 is 14.0 Å². The van der Waals surface area contributed by atoms with Crippen molar-refractivity contribution in [1.29, 1.82) is 0 Å². The molecule has 2 aromatic heterocycles. The van der Waals surface area contributed by atoms with E-state index in [4.69, 9.17) is 14.1 Å². The molecule has 0 unspecified atom stereocenters. The van der Waals surface area contributed by atoms with E-state index >= 15 is 0 Å². The second kappa shape index (κ2) is 13.5. The number of anilines is 1. The SMILES string of the molecule is COc1ccc(C23CCC(CN(c4cc(-c5cnn(C(C)(C)C)c5)ccn4)C(=O)[C@H]4CC[C@H](O[Si](C)(C)C(C)(C)C)CC4)(CC2)CC3)cc1C. The van der Waals surface area contributed by atoms with Crippen LogP contribution in [0.2, 0.25) is 18.1 Å². The summed E-state index contributed by atoms with van der Waals surface area (Å²) in [6.07, 6.45) is 16.7. The lowest BCUT2D eigenvalue weighted by Crippen LogP contribution is -2.52. The lowest BCUT2D eigenvalue weighted by atomic mass is 9.51. The van der Waals surface area contributed by atoms with Gasteiger partial charge in [-0.3, -0.25) is 14.4 Å². The minimum Gasteiger partial charge on any atom is -0.496 e. The Balaban J connectivity index is 1.24. The van der Waals surface area contributed by atoms with Crippen LogP contribution >= 0.6 is 0 Å². The van der Waals surface area contributed by atoms with Gasteiger partial charge in [-0.05, 0) is 156 Å². The first-order chi connectivity index (χ1) is 23.4. The average molecular weight is 699 g/mol. The fourth-order valence-corrected chi connectivity index (χ4v) is 10.00. The van der Waals surface area contributed by atoms with Crippen LogP contribution in [0.4, 0.5) is 5.82 Å². The maximum atomic E-state index is 14.8. The van der Waals surface area contributed by atoms with Gasteiger partial charge in [-0.1, -0.05) is 32.9 Å². The molecule has 0 spiro atoms. The molecule has 4 aliphatic rings. The number of rotatable bonds is 9. The predicted octanol–water partition coefficient (Wildman–Crippen LogP) is 10.2. The number of carbonyl (C=O) groups excluding carboxylic acids is 1. The minimum atomic E-state index is -1.86. The maximum absolute atomic E-state index is 14.8. The summed E-state index contributed by atoms with van der Waals surface area (Å²) in [5, 5.41) is 4.84. The topological polar surface area (TPSA) is 69.5 Å². The number of aromatic nitrogens is 3. The van der Waals surface area contributed by atoms with E-state index < -0.39 is 8.32 Å². The van der Waals surface area contributed by atoms with Crippen molar-refractivity contribution in [3.8, 4) is 16.9 Å². The average Bonchev–Trinajstić information content (AvgIpc) is 3.59. The van der Waals surface area contributed by atoms with E-state index in [2.05, 4.69) is 102 Å². The van der Waals surface area contributed by atoms with Gasteiger partial charge in [-0.25, -0.2) is 4.98 Å². The van der Waals surface area contributed by atoms with Crippen molar-refractivity contribution in [3.05, 3.63) is 60.0 Å². The van der Waals surface area contributed by atoms with E-state index in [-0.39, 0.29) is 39.3 Å². The molecule has 0 radical (unpaired) electrons. The Labute approximate surface area is 302 Å². The van der Waals surface area contributed by atoms with Crippen molar-refractivity contribution in [2.75, 3.05) is 18.6 Å². The summed E-state index contributed by atoms with van der Waals surface area (Å²) in [5.41, 5.74) is 4.99. The number of benzene rings is 1. The van der Waals surface area contributed by atoms with Crippen molar-refractivity contribution in [2.45, 2.75) is 148 Å². The van der Waals surface area contributed by atoms with Crippen LogP contribution in [-0.4, -0.2) is 48.7 Å². The zero-order valence-corrected chi connectivity index (χ0v) is 33.6. The third-order valence-electron chi connectivity index (χ3n) is 13.1. The maximum Gasteiger partial charge on any atom is 0.231 e. The van der Waals surface area contributed by atoms with Gasteiger partial charge in [-0.15, -0.1) is 0 Å². The summed E-state index contributed by atoms with van der Waals surface area (Å²) >= 11 is 0. The predicted molar refractivity (Wildman–Crippen MR) is 206 cm³/mol. The van der Waals surface area contributed by atoms with Crippen molar-refractivity contribution >= 4 is 20.0 Å². The molecule has 272 valence electrons. The first-order valence-corrected chi connectivity index (χ1v) is 22.0. The molecule has 8 heteroatoms. The first-order valence-electron chi connectivity index (χ1n) is 19.1. The molecule has 2 heterocycles. The molecule has 4 fully saturated rings. The van der Waals surface area contributed by atoms with Crippen molar-refractivity contribution in [2.24, 2.45) is 11.3 Å². The number of ether oxygens (including phenoxy) is 1. The van der Waals surface area contributed by atoms with Gasteiger partial charge >= 0.3 is 0 Å². The van der Waals surface area contributed by atoms with Crippen molar-refractivity contribution in [3.63, 3.8) is 0 Å². The smallest absolute Gasteiger partial charge is 0.231 e. The van der Waals surface area contributed by atoms with Crippen LogP contribution in [0.3, 0.4) is 0 Å². The van der Waals surface area contributed by atoms with Crippen LogP contribution in [-0.2, 0) is 20.2 Å². The van der Waals surface area contributed by atoms with Gasteiger partial charge in [0.1, 0.15) is 11.6 Å². The largest absolute Gasteiger partial charge is 0.496 e. The lowest BCUT2D eigenvalue weighted by Gasteiger charge is -2.55. The summed E-state index contributed by atoms with van der Waals surface area (Å²) in [6, 6.07) is 11.0. The Kier molecular flexibility index (Phi) is 9.96. The van der Waals surface area contributed by atoms with Gasteiger partial charge in [0.2, 0.25) is 5.91 Å². The first kappa shape index (κ1) is 36.8. The monoisotopic (exact) mass is 698 g/mol. The van der Waals surface area contributed by atoms with Gasteiger partial charge in [-0.2, -0.15) is 5.10 Å². The van der Waals surface area contributed by atoms with E-state index in [0.717, 1.165) is 93.4 Å². The Morgan fingerprint density at radius 3 is 2.16 bits per heavy atom. The second-order valence-electron chi connectivity index (χ2n) is 18.5. The molecular formula is C42H62N4O3Si. The number of hydrogen-bond acceptors (Lipinski definition) is 5. The highest BCUT2D eigenvalue weighted by molar-refractivity contribution is 6.74. The van der Waals surface area contributed by atoms with Gasteiger partial charge in [0.25, 0.3) is 0 Å². The third-order valence-corrected chi connectivity index (χ3v) is 17.6. The molecule has 0 N–H and O–H groups in total. The summed E-state index contributed by atoms with van der Waals surface area (Å²) in [6.45, 7) is 21.0. The Bertz CT molecular complexity index is 1650. The molecule has 0 atom stereocenters. The Hall–Kier alpha value is -2.97. The number of carbonyl (C=O) groups is 1. The van der Waals surface area contributed by atoms with E-state index in [1.165, 1.54) is 11.1 Å². The third kappa shape index (κ3) is 7.34. The molecule has 1 amide bonds. The highest BCUT2D eigenvalue weighted by Gasteiger charge is 2.51. The number of pyridine rings is 1. The molecule has 0 aliphatic heterocycles. The number of methoxy groups -OCH3 is 1. The van der Waals surface area contributed by atoms with Crippen LogP contribution in [0, 0.1) is 18.3 Å². The van der Waals surface area contributed by atoms with Crippen molar-refractivity contribution in [1.82, 2.24) is 14.8 Å². The molecule has 4 saturated carbocycles. The highest BCUT2D eigenvalue weighted by atomic mass is 28.4. The van der Waals surface area contributed by atoms with E-state index in [0.29, 0.717) is 0 Å². The molecule has 50 heavy (non-hydrogen) atoms. The standard InChI is InChI=1S/C42H62N4O3Si/c1-30-25-34(13-16-36(30)48-8)42-21-18-41(19-22-42,20-23-42)29-45(37-26-32(17-24-43-37)33-27-44-46(28-33)39(2,3)4)38(47)31-11-14-35(15-12-31)49-50(9,10)40(5,6)7/h13,16-17,24-28,31,35H,11-12,14-15,18-23,29H2,1-10H3/t31-,35-,41?,42?. The summed E-state index contributed by atoms with van der Waals surface area (Å²) in [7, 11) is -0.111. The number of nitrogens with zero attached hydrogens (tertiary/aromatic N) is 4. The molecule has 3 aromatic rings. The Morgan fingerprint density at radius 2 is 1.60 bits per heavy atom. The molecule has 2 bridgehead atoms. The minimum absolute atomic E-state index is 0.00620. The van der Waals surface area contributed by atoms with Crippen LogP contribution in [0.25, 0.3) is 11.1 Å². The fourth-order valence-electron chi connectivity index (χ4n) is 8.57. The number of amides is 1. The van der Waals surface area contributed by atoms with E-state index in [1.54, 1.807) is 7.11 Å². The molecule has 7 rings (SSSR count). The van der Waals surface area contributed by atoms with Gasteiger partial charge in [0.15, 0.2) is 8.32 Å². The normalized spacial score (nSPS) is 25.8. The van der Waals surface area contributed by atoms with E-state index in [9.17, 15) is 4.79 Å². The lowest BCUT2D eigenvalue weighted by molar-refractivity contribution is -0.124. The number of hydrogen-bond donors (Lipinski definition) is 0. The zero-order valence-electron chi connectivity index (χ0n) is 32.6. The number of aryl methyl sites for hydroxylation is 1. The molecule has 4 aliphatic carbocycles. The molecule has 0 saturated heterocycles. The summed E-state index contributed by atoms with van der Waals surface area (Å²) < 4.78 is 14.4. The van der Waals surface area contributed by atoms with Gasteiger partial charge in [0, 0.05) is 36.5 Å². The molecule has 1 aromatic carbocycles. The fraction of sp³-hybridized carbons (Fsp3) is 0.643. The zero-order chi connectivity index (χ0) is 36.1. The number of fused-ring (bicyclic) bond motifs is 3. The second-order valence-corrected chi connectivity index (χ2v) is 23.2.